The van der Waals surface area contributed by atoms with Gasteiger partial charge in [0.1, 0.15) is 11.6 Å². The van der Waals surface area contributed by atoms with E-state index in [1.54, 1.807) is 35.3 Å². The van der Waals surface area contributed by atoms with Crippen molar-refractivity contribution in [2.24, 2.45) is 0 Å². The molecule has 8 heteroatoms. The van der Waals surface area contributed by atoms with E-state index in [1.165, 1.54) is 0 Å². The molecule has 0 N–H and O–H groups in total. The van der Waals surface area contributed by atoms with Crippen molar-refractivity contribution in [2.45, 2.75) is 46.1 Å². The molecule has 0 aliphatic rings. The van der Waals surface area contributed by atoms with Gasteiger partial charge in [0.05, 0.1) is 49.3 Å². The van der Waals surface area contributed by atoms with Gasteiger partial charge in [0.15, 0.2) is 5.75 Å². The highest BCUT2D eigenvalue weighted by Crippen LogP contribution is 2.21. The van der Waals surface area contributed by atoms with Gasteiger partial charge in [0, 0.05) is 23.5 Å². The number of unbranched alkanes of at least 4 members (excludes halogenated alkanes) is 1. The topological polar surface area (TPSA) is 107 Å². The fourth-order valence-corrected chi connectivity index (χ4v) is 3.88. The minimum Gasteiger partial charge on any atom is -0.491 e. The van der Waals surface area contributed by atoms with Crippen LogP contribution in [0.25, 0.3) is 11.3 Å². The predicted octanol–water partition coefficient (Wildman–Crippen LogP) is 4.35. The minimum atomic E-state index is -0.115. The van der Waals surface area contributed by atoms with Crippen molar-refractivity contribution in [1.29, 1.82) is 5.26 Å². The molecule has 0 atom stereocenters. The van der Waals surface area contributed by atoms with Crippen molar-refractivity contribution in [3.63, 3.8) is 0 Å². The van der Waals surface area contributed by atoms with E-state index in [0.717, 1.165) is 36.1 Å². The van der Waals surface area contributed by atoms with Crippen LogP contribution in [0.5, 0.6) is 5.75 Å². The highest BCUT2D eigenvalue weighted by molar-refractivity contribution is 5.67. The van der Waals surface area contributed by atoms with Gasteiger partial charge < -0.3 is 4.74 Å². The summed E-state index contributed by atoms with van der Waals surface area (Å²) in [7, 11) is 0. The largest absolute Gasteiger partial charge is 0.491 e. The Kier molecular flexibility index (Phi) is 8.14. The van der Waals surface area contributed by atoms with Gasteiger partial charge in [-0.3, -0.25) is 14.3 Å². The van der Waals surface area contributed by atoms with Crippen molar-refractivity contribution in [3.8, 4) is 23.1 Å². The minimum absolute atomic E-state index is 0.115. The highest BCUT2D eigenvalue weighted by Gasteiger charge is 2.13. The fourth-order valence-electron chi connectivity index (χ4n) is 3.88. The van der Waals surface area contributed by atoms with Crippen LogP contribution in [-0.2, 0) is 19.4 Å². The van der Waals surface area contributed by atoms with Gasteiger partial charge in [-0.2, -0.15) is 5.26 Å². The zero-order valence-electron chi connectivity index (χ0n) is 20.5. The van der Waals surface area contributed by atoms with Crippen molar-refractivity contribution in [3.05, 3.63) is 99.9 Å². The first-order chi connectivity index (χ1) is 17.6. The number of hydrogen-bond acceptors (Lipinski definition) is 7. The number of pyridine rings is 1. The first-order valence-electron chi connectivity index (χ1n) is 12.1. The molecule has 0 amide bonds. The standard InChI is InChI=1S/C28H28N6O2/c1-3-5-9-22-13-28(35)34(27(33-22)14-26-31-17-23(18-32-26)36-4-2)19-20-11-12-25(30-16-20)24-10-7-6-8-21(24)15-29/h6-8,10-13,16-18H,3-5,9,14,19H2,1-2H3. The van der Waals surface area contributed by atoms with Crippen LogP contribution in [-0.4, -0.2) is 31.1 Å². The van der Waals surface area contributed by atoms with Crippen molar-refractivity contribution in [1.82, 2.24) is 24.5 Å². The van der Waals surface area contributed by atoms with Gasteiger partial charge in [-0.25, -0.2) is 15.0 Å². The molecule has 4 rings (SSSR count). The van der Waals surface area contributed by atoms with E-state index in [9.17, 15) is 10.1 Å². The summed E-state index contributed by atoms with van der Waals surface area (Å²) in [5, 5.41) is 9.39. The zero-order chi connectivity index (χ0) is 25.3. The molecule has 0 saturated carbocycles. The predicted molar refractivity (Wildman–Crippen MR) is 137 cm³/mol. The molecule has 0 saturated heterocycles. The number of benzene rings is 1. The molecule has 36 heavy (non-hydrogen) atoms. The second-order valence-electron chi connectivity index (χ2n) is 8.35. The molecule has 0 fully saturated rings. The number of aryl methyl sites for hydroxylation is 1. The Hall–Kier alpha value is -4.38. The quantitative estimate of drug-likeness (QED) is 0.332. The van der Waals surface area contributed by atoms with Gasteiger partial charge >= 0.3 is 0 Å². The zero-order valence-corrected chi connectivity index (χ0v) is 20.5. The summed E-state index contributed by atoms with van der Waals surface area (Å²) >= 11 is 0. The number of nitriles is 1. The van der Waals surface area contributed by atoms with E-state index in [4.69, 9.17) is 9.72 Å². The van der Waals surface area contributed by atoms with E-state index in [1.807, 2.05) is 37.3 Å². The Morgan fingerprint density at radius 1 is 1.03 bits per heavy atom. The van der Waals surface area contributed by atoms with Crippen molar-refractivity contribution in [2.75, 3.05) is 6.61 Å². The van der Waals surface area contributed by atoms with Crippen LogP contribution in [0.4, 0.5) is 0 Å². The van der Waals surface area contributed by atoms with Crippen LogP contribution in [0.15, 0.2) is 65.8 Å². The molecule has 0 spiro atoms. The van der Waals surface area contributed by atoms with Gasteiger partial charge in [-0.15, -0.1) is 0 Å². The molecule has 182 valence electrons. The molecule has 0 bridgehead atoms. The molecule has 0 aliphatic heterocycles. The van der Waals surface area contributed by atoms with Crippen LogP contribution in [0.3, 0.4) is 0 Å². The molecule has 3 aromatic heterocycles. The number of nitrogens with zero attached hydrogens (tertiary/aromatic N) is 6. The summed E-state index contributed by atoms with van der Waals surface area (Å²) < 4.78 is 7.08. The summed E-state index contributed by atoms with van der Waals surface area (Å²) in [5.41, 5.74) is 3.57. The van der Waals surface area contributed by atoms with E-state index in [0.29, 0.717) is 48.2 Å². The second kappa shape index (κ2) is 11.8. The normalized spacial score (nSPS) is 10.7. The van der Waals surface area contributed by atoms with E-state index < -0.39 is 0 Å². The average molecular weight is 481 g/mol. The maximum atomic E-state index is 13.1. The van der Waals surface area contributed by atoms with Crippen LogP contribution in [0.1, 0.15) is 55.2 Å². The van der Waals surface area contributed by atoms with Crippen LogP contribution < -0.4 is 10.3 Å². The number of rotatable bonds is 10. The average Bonchev–Trinajstić information content (AvgIpc) is 2.91. The highest BCUT2D eigenvalue weighted by atomic mass is 16.5. The number of ether oxygens (including phenoxy) is 1. The maximum Gasteiger partial charge on any atom is 0.254 e. The molecule has 8 nitrogen and oxygen atoms in total. The monoisotopic (exact) mass is 480 g/mol. The van der Waals surface area contributed by atoms with Crippen molar-refractivity contribution >= 4 is 0 Å². The van der Waals surface area contributed by atoms with Crippen molar-refractivity contribution < 1.29 is 4.74 Å². The Bertz CT molecular complexity index is 1410. The first kappa shape index (κ1) is 24.7. The Morgan fingerprint density at radius 2 is 1.83 bits per heavy atom. The Balaban J connectivity index is 1.63. The summed E-state index contributed by atoms with van der Waals surface area (Å²) in [5.74, 6) is 1.78. The summed E-state index contributed by atoms with van der Waals surface area (Å²) in [6.07, 6.45) is 8.06. The lowest BCUT2D eigenvalue weighted by Crippen LogP contribution is -2.27. The van der Waals surface area contributed by atoms with E-state index in [-0.39, 0.29) is 5.56 Å². The van der Waals surface area contributed by atoms with Crippen LogP contribution in [0, 0.1) is 11.3 Å². The van der Waals surface area contributed by atoms with E-state index >= 15 is 0 Å². The lowest BCUT2D eigenvalue weighted by atomic mass is 10.0. The van der Waals surface area contributed by atoms with Gasteiger partial charge in [-0.1, -0.05) is 37.6 Å². The molecular weight excluding hydrogens is 452 g/mol. The molecule has 4 aromatic rings. The lowest BCUT2D eigenvalue weighted by molar-refractivity contribution is 0.337. The summed E-state index contributed by atoms with van der Waals surface area (Å²) in [4.78, 5) is 31.3. The van der Waals surface area contributed by atoms with Gasteiger partial charge in [-0.05, 0) is 37.5 Å². The second-order valence-corrected chi connectivity index (χ2v) is 8.35. The Labute approximate surface area is 210 Å². The third-order valence-corrected chi connectivity index (χ3v) is 5.72. The van der Waals surface area contributed by atoms with E-state index in [2.05, 4.69) is 27.9 Å². The molecule has 0 aliphatic carbocycles. The summed E-state index contributed by atoms with van der Waals surface area (Å²) in [6.45, 7) is 4.88. The molecular formula is C28H28N6O2. The van der Waals surface area contributed by atoms with Crippen LogP contribution >= 0.6 is 0 Å². The van der Waals surface area contributed by atoms with Gasteiger partial charge in [0.25, 0.3) is 5.56 Å². The lowest BCUT2D eigenvalue weighted by Gasteiger charge is -2.14. The third-order valence-electron chi connectivity index (χ3n) is 5.72. The number of hydrogen-bond donors (Lipinski definition) is 0. The summed E-state index contributed by atoms with van der Waals surface area (Å²) in [6, 6.07) is 15.0. The maximum absolute atomic E-state index is 13.1. The molecule has 1 aromatic carbocycles. The fraction of sp³-hybridized carbons (Fsp3) is 0.286. The Morgan fingerprint density at radius 3 is 2.53 bits per heavy atom. The third kappa shape index (κ3) is 5.99. The molecule has 0 radical (unpaired) electrons. The molecule has 0 unspecified atom stereocenters. The number of aromatic nitrogens is 5. The van der Waals surface area contributed by atoms with Gasteiger partial charge in [0.2, 0.25) is 0 Å². The first-order valence-corrected chi connectivity index (χ1v) is 12.1. The molecule has 3 heterocycles. The van der Waals surface area contributed by atoms with Crippen LogP contribution in [0.2, 0.25) is 0 Å². The smallest absolute Gasteiger partial charge is 0.254 e. The SMILES string of the molecule is CCCCc1cc(=O)n(Cc2ccc(-c3ccccc3C#N)nc2)c(Cc2ncc(OCC)cn2)n1.